The number of benzene rings is 1. The lowest BCUT2D eigenvalue weighted by Gasteiger charge is -2.09. The van der Waals surface area contributed by atoms with E-state index in [-0.39, 0.29) is 23.8 Å². The van der Waals surface area contributed by atoms with Gasteiger partial charge in [0, 0.05) is 19.0 Å². The number of phenolic OH excluding ortho intramolecular Hbond substituents is 1. The first-order valence-electron chi connectivity index (χ1n) is 5.27. The number of halogens is 3. The molecule has 104 valence electrons. The van der Waals surface area contributed by atoms with Gasteiger partial charge in [-0.1, -0.05) is 12.2 Å². The van der Waals surface area contributed by atoms with Crippen LogP contribution in [0.3, 0.4) is 0 Å². The minimum atomic E-state index is -4.78. The highest BCUT2D eigenvalue weighted by atomic mass is 19.4. The first-order chi connectivity index (χ1) is 8.78. The number of alkyl halides is 3. The Kier molecular flexibility index (Phi) is 4.80. The number of carbonyl (C=O) groups is 1. The molecule has 0 heterocycles. The lowest BCUT2D eigenvalue weighted by Crippen LogP contribution is -2.19. The average molecular weight is 275 g/mol. The Morgan fingerprint density at radius 2 is 2.16 bits per heavy atom. The minimum Gasteiger partial charge on any atom is -0.507 e. The van der Waals surface area contributed by atoms with E-state index in [1.807, 2.05) is 0 Å². The van der Waals surface area contributed by atoms with Crippen molar-refractivity contribution < 1.29 is 27.8 Å². The topological polar surface area (TPSA) is 58.6 Å². The van der Waals surface area contributed by atoms with Gasteiger partial charge in [0.05, 0.1) is 0 Å². The van der Waals surface area contributed by atoms with Crippen LogP contribution < -0.4 is 10.1 Å². The fourth-order valence-corrected chi connectivity index (χ4v) is 1.25. The van der Waals surface area contributed by atoms with Crippen molar-refractivity contribution in [1.82, 2.24) is 5.32 Å². The normalized spacial score (nSPS) is 11.6. The highest BCUT2D eigenvalue weighted by molar-refractivity contribution is 5.73. The van der Waals surface area contributed by atoms with E-state index in [4.69, 9.17) is 0 Å². The predicted molar refractivity (Wildman–Crippen MR) is 62.5 cm³/mol. The summed E-state index contributed by atoms with van der Waals surface area (Å²) < 4.78 is 39.8. The van der Waals surface area contributed by atoms with Crippen molar-refractivity contribution in [1.29, 1.82) is 0 Å². The maximum Gasteiger partial charge on any atom is 0.573 e. The highest BCUT2D eigenvalue weighted by Gasteiger charge is 2.31. The molecule has 19 heavy (non-hydrogen) atoms. The molecule has 1 rings (SSSR count). The summed E-state index contributed by atoms with van der Waals surface area (Å²) in [5.74, 6) is -0.846. The fraction of sp³-hybridized carbons (Fsp3) is 0.250. The Morgan fingerprint density at radius 1 is 1.47 bits per heavy atom. The standard InChI is InChI=1S/C12H12F3NO3/c1-8(17)16-6-2-3-9-7-10(4-5-11(9)18)19-12(13,14)15/h2-5,7,18H,6H2,1H3,(H,16,17). The van der Waals surface area contributed by atoms with Crippen molar-refractivity contribution >= 4 is 12.0 Å². The van der Waals surface area contributed by atoms with Gasteiger partial charge in [-0.15, -0.1) is 13.2 Å². The monoisotopic (exact) mass is 275 g/mol. The van der Waals surface area contributed by atoms with Gasteiger partial charge in [-0.2, -0.15) is 0 Å². The zero-order valence-corrected chi connectivity index (χ0v) is 9.99. The van der Waals surface area contributed by atoms with Gasteiger partial charge in [-0.05, 0) is 18.2 Å². The van der Waals surface area contributed by atoms with Crippen LogP contribution in [-0.4, -0.2) is 23.9 Å². The van der Waals surface area contributed by atoms with E-state index >= 15 is 0 Å². The number of aromatic hydroxyl groups is 1. The summed E-state index contributed by atoms with van der Waals surface area (Å²) in [4.78, 5) is 10.6. The number of rotatable bonds is 4. The van der Waals surface area contributed by atoms with Crippen molar-refractivity contribution in [2.75, 3.05) is 6.54 Å². The predicted octanol–water partition coefficient (Wildman–Crippen LogP) is 2.44. The fourth-order valence-electron chi connectivity index (χ4n) is 1.25. The Labute approximate surface area is 107 Å². The SMILES string of the molecule is CC(=O)NCC=Cc1cc(OC(F)(F)F)ccc1O. The van der Waals surface area contributed by atoms with E-state index in [1.54, 1.807) is 0 Å². The largest absolute Gasteiger partial charge is 0.573 e. The number of ether oxygens (including phenoxy) is 1. The van der Waals surface area contributed by atoms with Crippen LogP contribution in [0.25, 0.3) is 6.08 Å². The van der Waals surface area contributed by atoms with Crippen LogP contribution in [0.1, 0.15) is 12.5 Å². The van der Waals surface area contributed by atoms with Gasteiger partial charge in [0.25, 0.3) is 0 Å². The Balaban J connectivity index is 2.77. The van der Waals surface area contributed by atoms with E-state index in [2.05, 4.69) is 10.1 Å². The first-order valence-corrected chi connectivity index (χ1v) is 5.27. The number of carbonyl (C=O) groups excluding carboxylic acids is 1. The van der Waals surface area contributed by atoms with Gasteiger partial charge in [-0.3, -0.25) is 4.79 Å². The lowest BCUT2D eigenvalue weighted by atomic mass is 10.1. The summed E-state index contributed by atoms with van der Waals surface area (Å²) in [7, 11) is 0. The van der Waals surface area contributed by atoms with Crippen molar-refractivity contribution in [2.45, 2.75) is 13.3 Å². The van der Waals surface area contributed by atoms with Crippen LogP contribution >= 0.6 is 0 Å². The maximum atomic E-state index is 12.0. The molecule has 2 N–H and O–H groups in total. The third-order valence-corrected chi connectivity index (χ3v) is 2.00. The lowest BCUT2D eigenvalue weighted by molar-refractivity contribution is -0.274. The van der Waals surface area contributed by atoms with Gasteiger partial charge >= 0.3 is 6.36 Å². The molecule has 4 nitrogen and oxygen atoms in total. The zero-order chi connectivity index (χ0) is 14.5. The second-order valence-electron chi connectivity index (χ2n) is 3.61. The minimum absolute atomic E-state index is 0.159. The Hall–Kier alpha value is -2.18. The van der Waals surface area contributed by atoms with Crippen molar-refractivity contribution in [3.05, 3.63) is 29.8 Å². The van der Waals surface area contributed by atoms with Crippen molar-refractivity contribution in [2.24, 2.45) is 0 Å². The quantitative estimate of drug-likeness (QED) is 0.887. The molecule has 0 bridgehead atoms. The molecule has 0 radical (unpaired) electrons. The van der Waals surface area contributed by atoms with Crippen LogP contribution in [0.5, 0.6) is 11.5 Å². The summed E-state index contributed by atoms with van der Waals surface area (Å²) in [5, 5.41) is 11.9. The molecular weight excluding hydrogens is 263 g/mol. The molecule has 0 saturated carbocycles. The second kappa shape index (κ2) is 6.12. The molecule has 1 aromatic rings. The summed E-state index contributed by atoms with van der Waals surface area (Å²) in [6.07, 6.45) is -1.91. The van der Waals surface area contributed by atoms with E-state index in [9.17, 15) is 23.1 Å². The summed E-state index contributed by atoms with van der Waals surface area (Å²) in [6, 6.07) is 3.15. The molecule has 0 spiro atoms. The van der Waals surface area contributed by atoms with Crippen LogP contribution in [0, 0.1) is 0 Å². The average Bonchev–Trinajstić information content (AvgIpc) is 2.26. The molecule has 0 atom stereocenters. The summed E-state index contributed by atoms with van der Waals surface area (Å²) >= 11 is 0. The van der Waals surface area contributed by atoms with Gasteiger partial charge in [0.2, 0.25) is 5.91 Å². The van der Waals surface area contributed by atoms with E-state index in [0.29, 0.717) is 0 Å². The van der Waals surface area contributed by atoms with Crippen LogP contribution in [0.15, 0.2) is 24.3 Å². The van der Waals surface area contributed by atoms with Gasteiger partial charge < -0.3 is 15.2 Å². The summed E-state index contributed by atoms with van der Waals surface area (Å²) in [5.41, 5.74) is 0.159. The van der Waals surface area contributed by atoms with Crippen LogP contribution in [0.2, 0.25) is 0 Å². The molecule has 0 aliphatic rings. The number of amides is 1. The number of hydrogen-bond donors (Lipinski definition) is 2. The molecule has 0 aliphatic heterocycles. The number of nitrogens with one attached hydrogen (secondary N) is 1. The van der Waals surface area contributed by atoms with E-state index in [1.165, 1.54) is 19.1 Å². The summed E-state index contributed by atoms with van der Waals surface area (Å²) in [6.45, 7) is 1.54. The van der Waals surface area contributed by atoms with E-state index in [0.717, 1.165) is 18.2 Å². The van der Waals surface area contributed by atoms with Crippen molar-refractivity contribution in [3.8, 4) is 11.5 Å². The molecule has 0 aliphatic carbocycles. The van der Waals surface area contributed by atoms with Crippen LogP contribution in [-0.2, 0) is 4.79 Å². The molecule has 0 unspecified atom stereocenters. The molecule has 7 heteroatoms. The maximum absolute atomic E-state index is 12.0. The first kappa shape index (κ1) is 14.9. The molecule has 0 aromatic heterocycles. The molecular formula is C12H12F3NO3. The third-order valence-electron chi connectivity index (χ3n) is 2.00. The number of hydrogen-bond acceptors (Lipinski definition) is 3. The van der Waals surface area contributed by atoms with Gasteiger partial charge in [0.15, 0.2) is 0 Å². The second-order valence-corrected chi connectivity index (χ2v) is 3.61. The van der Waals surface area contributed by atoms with Crippen molar-refractivity contribution in [3.63, 3.8) is 0 Å². The van der Waals surface area contributed by atoms with Crippen LogP contribution in [0.4, 0.5) is 13.2 Å². The molecule has 1 amide bonds. The van der Waals surface area contributed by atoms with E-state index < -0.39 is 12.1 Å². The third kappa shape index (κ3) is 5.80. The van der Waals surface area contributed by atoms with Gasteiger partial charge in [0.1, 0.15) is 11.5 Å². The Bertz CT molecular complexity index is 484. The zero-order valence-electron chi connectivity index (χ0n) is 9.99. The smallest absolute Gasteiger partial charge is 0.507 e. The number of phenols is 1. The van der Waals surface area contributed by atoms with Gasteiger partial charge in [-0.25, -0.2) is 0 Å². The molecule has 0 fully saturated rings. The molecule has 0 saturated heterocycles. The highest BCUT2D eigenvalue weighted by Crippen LogP contribution is 2.28. The Morgan fingerprint density at radius 3 is 2.74 bits per heavy atom. The molecule has 1 aromatic carbocycles.